The number of rotatable bonds is 4. The highest BCUT2D eigenvalue weighted by atomic mass is 35.5. The molecule has 1 N–H and O–H groups in total. The first-order chi connectivity index (χ1) is 14.7. The van der Waals surface area contributed by atoms with Gasteiger partial charge in [0.1, 0.15) is 5.54 Å². The van der Waals surface area contributed by atoms with Gasteiger partial charge in [0.2, 0.25) is 0 Å². The van der Waals surface area contributed by atoms with Gasteiger partial charge < -0.3 is 10.0 Å². The minimum atomic E-state index is -0.827. The molecule has 2 aliphatic rings. The van der Waals surface area contributed by atoms with Crippen LogP contribution in [0.4, 0.5) is 5.69 Å². The first kappa shape index (κ1) is 19.1. The number of benzene rings is 3. The Hall–Kier alpha value is -2.88. The summed E-state index contributed by atoms with van der Waals surface area (Å²) >= 11 is 6.37. The third kappa shape index (κ3) is 2.73. The SMILES string of the molecule is O=C1c2ccc(Cl)cc2N2[C@H](CCO)C(c3ccccc3)=CC[C@@]12c1ccccc1. The molecule has 0 unspecified atom stereocenters. The Bertz CT molecular complexity index is 1130. The van der Waals surface area contributed by atoms with Gasteiger partial charge in [-0.1, -0.05) is 78.3 Å². The molecule has 0 saturated heterocycles. The lowest BCUT2D eigenvalue weighted by Crippen LogP contribution is -2.55. The van der Waals surface area contributed by atoms with Crippen molar-refractivity contribution in [1.29, 1.82) is 0 Å². The lowest BCUT2D eigenvalue weighted by atomic mass is 9.76. The summed E-state index contributed by atoms with van der Waals surface area (Å²) in [6.07, 6.45) is 3.27. The maximum Gasteiger partial charge on any atom is 0.195 e. The zero-order valence-electron chi connectivity index (χ0n) is 16.5. The largest absolute Gasteiger partial charge is 0.396 e. The van der Waals surface area contributed by atoms with E-state index in [4.69, 9.17) is 11.6 Å². The van der Waals surface area contributed by atoms with Crippen LogP contribution in [0.5, 0.6) is 0 Å². The standard InChI is InChI=1S/C26H22ClNO2/c27-20-11-12-22-24(17-20)28-23(14-16-29)21(18-7-3-1-4-8-18)13-15-26(28,25(22)30)19-9-5-2-6-10-19/h1-13,17,23,29H,14-16H2/t23-,26-/m1/s1. The molecular weight excluding hydrogens is 394 g/mol. The molecule has 3 aromatic carbocycles. The Kier molecular flexibility index (Phi) is 4.73. The van der Waals surface area contributed by atoms with Gasteiger partial charge in [0, 0.05) is 23.6 Å². The zero-order valence-corrected chi connectivity index (χ0v) is 17.2. The van der Waals surface area contributed by atoms with Crippen LogP contribution in [0.3, 0.4) is 0 Å². The maximum absolute atomic E-state index is 13.9. The molecule has 0 radical (unpaired) electrons. The number of anilines is 1. The van der Waals surface area contributed by atoms with E-state index in [0.717, 1.165) is 22.4 Å². The number of Topliss-reactive ketones (excluding diaryl/α,β-unsaturated/α-hetero) is 1. The third-order valence-electron chi connectivity index (χ3n) is 6.30. The predicted octanol–water partition coefficient (Wildman–Crippen LogP) is 5.48. The molecule has 0 spiro atoms. The molecule has 0 aromatic heterocycles. The van der Waals surface area contributed by atoms with Crippen molar-refractivity contribution in [1.82, 2.24) is 0 Å². The molecule has 0 saturated carbocycles. The van der Waals surface area contributed by atoms with E-state index in [1.807, 2.05) is 60.7 Å². The third-order valence-corrected chi connectivity index (χ3v) is 6.53. The second kappa shape index (κ2) is 7.42. The molecule has 0 aliphatic carbocycles. The fourth-order valence-electron chi connectivity index (χ4n) is 5.04. The van der Waals surface area contributed by atoms with Crippen LogP contribution < -0.4 is 4.90 Å². The van der Waals surface area contributed by atoms with Crippen molar-refractivity contribution >= 4 is 28.6 Å². The van der Waals surface area contributed by atoms with Crippen LogP contribution in [0.25, 0.3) is 5.57 Å². The van der Waals surface area contributed by atoms with Gasteiger partial charge in [-0.3, -0.25) is 4.79 Å². The molecule has 2 atom stereocenters. The number of ketones is 1. The van der Waals surface area contributed by atoms with Crippen LogP contribution >= 0.6 is 11.6 Å². The van der Waals surface area contributed by atoms with E-state index >= 15 is 0 Å². The van der Waals surface area contributed by atoms with Crippen LogP contribution in [0.2, 0.25) is 5.02 Å². The quantitative estimate of drug-likeness (QED) is 0.613. The van der Waals surface area contributed by atoms with Gasteiger partial charge in [0.25, 0.3) is 0 Å². The highest BCUT2D eigenvalue weighted by Crippen LogP contribution is 2.53. The van der Waals surface area contributed by atoms with Gasteiger partial charge in [0.05, 0.1) is 11.7 Å². The number of hydrogen-bond donors (Lipinski definition) is 1. The molecule has 3 nitrogen and oxygen atoms in total. The Morgan fingerprint density at radius 3 is 2.40 bits per heavy atom. The Balaban J connectivity index is 1.78. The van der Waals surface area contributed by atoms with Gasteiger partial charge in [-0.25, -0.2) is 0 Å². The second-order valence-electron chi connectivity index (χ2n) is 7.84. The molecule has 2 heterocycles. The van der Waals surface area contributed by atoms with Crippen molar-refractivity contribution in [3.8, 4) is 0 Å². The summed E-state index contributed by atoms with van der Waals surface area (Å²) in [6, 6.07) is 25.5. The molecule has 150 valence electrons. The summed E-state index contributed by atoms with van der Waals surface area (Å²) < 4.78 is 0. The highest BCUT2D eigenvalue weighted by Gasteiger charge is 2.56. The van der Waals surface area contributed by atoms with Gasteiger partial charge in [-0.2, -0.15) is 0 Å². The molecule has 0 bridgehead atoms. The van der Waals surface area contributed by atoms with E-state index in [1.165, 1.54) is 0 Å². The molecule has 0 amide bonds. The van der Waals surface area contributed by atoms with Crippen LogP contribution in [0, 0.1) is 0 Å². The van der Waals surface area contributed by atoms with Crippen molar-refractivity contribution in [2.75, 3.05) is 11.5 Å². The van der Waals surface area contributed by atoms with Gasteiger partial charge in [-0.05, 0) is 41.3 Å². The normalized spacial score (nSPS) is 22.5. The lowest BCUT2D eigenvalue weighted by molar-refractivity contribution is 0.0890. The number of halogens is 1. The summed E-state index contributed by atoms with van der Waals surface area (Å²) in [7, 11) is 0. The molecule has 4 heteroatoms. The van der Waals surface area contributed by atoms with Crippen LogP contribution in [-0.2, 0) is 5.54 Å². The monoisotopic (exact) mass is 415 g/mol. The lowest BCUT2D eigenvalue weighted by Gasteiger charge is -2.48. The Labute approximate surface area is 181 Å². The first-order valence-electron chi connectivity index (χ1n) is 10.2. The number of aliphatic hydroxyl groups excluding tert-OH is 1. The smallest absolute Gasteiger partial charge is 0.195 e. The summed E-state index contributed by atoms with van der Waals surface area (Å²) in [5.74, 6) is 0.0895. The maximum atomic E-state index is 13.9. The fraction of sp³-hybridized carbons (Fsp3) is 0.192. The van der Waals surface area contributed by atoms with E-state index < -0.39 is 5.54 Å². The fourth-order valence-corrected chi connectivity index (χ4v) is 5.21. The minimum absolute atomic E-state index is 0.0281. The van der Waals surface area contributed by atoms with Crippen LogP contribution in [0.15, 0.2) is 84.9 Å². The van der Waals surface area contributed by atoms with Crippen LogP contribution in [-0.4, -0.2) is 23.5 Å². The van der Waals surface area contributed by atoms with Gasteiger partial charge >= 0.3 is 0 Å². The molecular formula is C26H22ClNO2. The van der Waals surface area contributed by atoms with Crippen molar-refractivity contribution in [2.24, 2.45) is 0 Å². The molecule has 30 heavy (non-hydrogen) atoms. The number of hydrogen-bond acceptors (Lipinski definition) is 3. The van der Waals surface area contributed by atoms with Gasteiger partial charge in [0.15, 0.2) is 5.78 Å². The number of carbonyl (C=O) groups is 1. The number of fused-ring (bicyclic) bond motifs is 3. The van der Waals surface area contributed by atoms with E-state index in [1.54, 1.807) is 6.07 Å². The predicted molar refractivity (Wildman–Crippen MR) is 121 cm³/mol. The average molecular weight is 416 g/mol. The molecule has 3 aromatic rings. The second-order valence-corrected chi connectivity index (χ2v) is 8.28. The molecule has 5 rings (SSSR count). The van der Waals surface area contributed by atoms with Crippen molar-refractivity contribution in [2.45, 2.75) is 24.4 Å². The van der Waals surface area contributed by atoms with Gasteiger partial charge in [-0.15, -0.1) is 0 Å². The first-order valence-corrected chi connectivity index (χ1v) is 10.6. The summed E-state index contributed by atoms with van der Waals surface area (Å²) in [4.78, 5) is 16.1. The number of aliphatic hydroxyl groups is 1. The molecule has 2 aliphatic heterocycles. The Morgan fingerprint density at radius 2 is 1.70 bits per heavy atom. The van der Waals surface area contributed by atoms with Crippen molar-refractivity contribution in [3.05, 3.63) is 107 Å². The minimum Gasteiger partial charge on any atom is -0.396 e. The van der Waals surface area contributed by atoms with Crippen molar-refractivity contribution < 1.29 is 9.90 Å². The topological polar surface area (TPSA) is 40.5 Å². The van der Waals surface area contributed by atoms with E-state index in [-0.39, 0.29) is 18.4 Å². The van der Waals surface area contributed by atoms with E-state index in [0.29, 0.717) is 23.4 Å². The van der Waals surface area contributed by atoms with Crippen LogP contribution in [0.1, 0.15) is 34.3 Å². The zero-order chi connectivity index (χ0) is 20.7. The van der Waals surface area contributed by atoms with E-state index in [2.05, 4.69) is 23.1 Å². The number of carbonyl (C=O) groups excluding carboxylic acids is 1. The summed E-state index contributed by atoms with van der Waals surface area (Å²) in [6.45, 7) is 0.0281. The van der Waals surface area contributed by atoms with Crippen molar-refractivity contribution in [3.63, 3.8) is 0 Å². The molecule has 0 fully saturated rings. The van der Waals surface area contributed by atoms with E-state index in [9.17, 15) is 9.90 Å². The average Bonchev–Trinajstić information content (AvgIpc) is 3.04. The summed E-state index contributed by atoms with van der Waals surface area (Å²) in [5.41, 5.74) is 3.92. The highest BCUT2D eigenvalue weighted by molar-refractivity contribution is 6.31. The Morgan fingerprint density at radius 1 is 1.00 bits per heavy atom. The number of nitrogens with zero attached hydrogens (tertiary/aromatic N) is 1. The summed E-state index contributed by atoms with van der Waals surface area (Å²) in [5, 5.41) is 10.6.